The van der Waals surface area contributed by atoms with Crippen molar-refractivity contribution in [3.63, 3.8) is 0 Å². The Bertz CT molecular complexity index is 770. The SMILES string of the molecule is N#CC1NNNC1c1nc(-c2cccc(C(F)(F)F)c2)sc1Cl. The highest BCUT2D eigenvalue weighted by Gasteiger charge is 2.33. The van der Waals surface area contributed by atoms with Crippen LogP contribution in [0.1, 0.15) is 17.3 Å². The minimum atomic E-state index is -4.42. The van der Waals surface area contributed by atoms with Gasteiger partial charge in [-0.2, -0.15) is 24.0 Å². The molecule has 0 aliphatic carbocycles. The lowest BCUT2D eigenvalue weighted by Crippen LogP contribution is -2.32. The van der Waals surface area contributed by atoms with Crippen LogP contribution in [0.4, 0.5) is 13.2 Å². The maximum atomic E-state index is 12.8. The molecule has 23 heavy (non-hydrogen) atoms. The number of alkyl halides is 3. The van der Waals surface area contributed by atoms with Crippen LogP contribution < -0.4 is 16.4 Å². The van der Waals surface area contributed by atoms with Gasteiger partial charge in [-0.25, -0.2) is 15.8 Å². The Morgan fingerprint density at radius 3 is 2.78 bits per heavy atom. The number of halogens is 4. The molecule has 1 aromatic heterocycles. The van der Waals surface area contributed by atoms with Crippen molar-refractivity contribution < 1.29 is 13.2 Å². The molecule has 0 saturated carbocycles. The fourth-order valence-electron chi connectivity index (χ4n) is 2.15. The van der Waals surface area contributed by atoms with E-state index >= 15 is 0 Å². The summed E-state index contributed by atoms with van der Waals surface area (Å²) in [6.45, 7) is 0. The van der Waals surface area contributed by atoms with Crippen molar-refractivity contribution in [3.8, 4) is 16.6 Å². The van der Waals surface area contributed by atoms with E-state index in [4.69, 9.17) is 16.9 Å². The van der Waals surface area contributed by atoms with Crippen molar-refractivity contribution >= 4 is 22.9 Å². The van der Waals surface area contributed by atoms with Gasteiger partial charge in [0.05, 0.1) is 23.4 Å². The molecular formula is C13H9ClF3N5S. The van der Waals surface area contributed by atoms with Gasteiger partial charge in [0, 0.05) is 5.56 Å². The number of aromatic nitrogens is 1. The summed E-state index contributed by atoms with van der Waals surface area (Å²) in [6.07, 6.45) is -4.42. The number of nitrogens with one attached hydrogen (secondary N) is 3. The van der Waals surface area contributed by atoms with Crippen LogP contribution in [-0.4, -0.2) is 11.0 Å². The average Bonchev–Trinajstić information content (AvgIpc) is 3.12. The first-order valence-electron chi connectivity index (χ1n) is 6.39. The maximum absolute atomic E-state index is 12.8. The molecule has 1 aromatic carbocycles. The van der Waals surface area contributed by atoms with Gasteiger partial charge < -0.3 is 0 Å². The second kappa shape index (κ2) is 6.07. The summed E-state index contributed by atoms with van der Waals surface area (Å²) < 4.78 is 38.7. The van der Waals surface area contributed by atoms with Crippen LogP contribution in [0.2, 0.25) is 4.34 Å². The van der Waals surface area contributed by atoms with Crippen LogP contribution >= 0.6 is 22.9 Å². The summed E-state index contributed by atoms with van der Waals surface area (Å²) in [4.78, 5) is 4.31. The number of hydrogen-bond donors (Lipinski definition) is 3. The zero-order chi connectivity index (χ0) is 16.6. The van der Waals surface area contributed by atoms with Gasteiger partial charge in [0.1, 0.15) is 15.4 Å². The Labute approximate surface area is 138 Å². The van der Waals surface area contributed by atoms with E-state index in [1.165, 1.54) is 12.1 Å². The van der Waals surface area contributed by atoms with Crippen LogP contribution in [0.5, 0.6) is 0 Å². The first-order valence-corrected chi connectivity index (χ1v) is 7.59. The maximum Gasteiger partial charge on any atom is 0.416 e. The van der Waals surface area contributed by atoms with Crippen LogP contribution in [0.3, 0.4) is 0 Å². The highest BCUT2D eigenvalue weighted by atomic mass is 35.5. The Hall–Kier alpha value is -1.70. The normalized spacial score (nSPS) is 21.3. The highest BCUT2D eigenvalue weighted by molar-refractivity contribution is 7.19. The van der Waals surface area contributed by atoms with Gasteiger partial charge in [-0.15, -0.1) is 11.3 Å². The smallest absolute Gasteiger partial charge is 0.238 e. The molecule has 2 unspecified atom stereocenters. The molecule has 1 aliphatic rings. The van der Waals surface area contributed by atoms with Crippen molar-refractivity contribution in [2.45, 2.75) is 18.3 Å². The van der Waals surface area contributed by atoms with E-state index in [0.717, 1.165) is 23.5 Å². The molecule has 120 valence electrons. The van der Waals surface area contributed by atoms with E-state index in [1.54, 1.807) is 0 Å². The molecule has 2 heterocycles. The zero-order valence-electron chi connectivity index (χ0n) is 11.3. The average molecular weight is 360 g/mol. The quantitative estimate of drug-likeness (QED) is 0.768. The minimum Gasteiger partial charge on any atom is -0.238 e. The van der Waals surface area contributed by atoms with Gasteiger partial charge in [0.25, 0.3) is 0 Å². The first-order chi connectivity index (χ1) is 10.9. The molecule has 2 aromatic rings. The van der Waals surface area contributed by atoms with Crippen molar-refractivity contribution in [2.24, 2.45) is 0 Å². The fraction of sp³-hybridized carbons (Fsp3) is 0.231. The van der Waals surface area contributed by atoms with Crippen LogP contribution in [0, 0.1) is 11.3 Å². The van der Waals surface area contributed by atoms with Crippen LogP contribution in [0.15, 0.2) is 24.3 Å². The van der Waals surface area contributed by atoms with Crippen LogP contribution in [-0.2, 0) is 6.18 Å². The third-order valence-corrected chi connectivity index (χ3v) is 4.60. The molecule has 1 aliphatic heterocycles. The number of nitriles is 1. The van der Waals surface area contributed by atoms with Gasteiger partial charge in [-0.3, -0.25) is 0 Å². The third kappa shape index (κ3) is 3.17. The molecule has 10 heteroatoms. The lowest BCUT2D eigenvalue weighted by molar-refractivity contribution is -0.137. The number of nitrogens with zero attached hydrogens (tertiary/aromatic N) is 2. The number of thiazole rings is 1. The van der Waals surface area contributed by atoms with E-state index in [-0.39, 0.29) is 0 Å². The molecule has 2 atom stereocenters. The zero-order valence-corrected chi connectivity index (χ0v) is 12.9. The molecule has 0 spiro atoms. The standard InChI is InChI=1S/C13H9ClF3N5S/c14-11-10(9-8(5-18)20-22-21-9)19-12(23-11)6-2-1-3-7(4-6)13(15,16)17/h1-4,8-9,20-22H. The van der Waals surface area contributed by atoms with Crippen molar-refractivity contribution in [1.29, 1.82) is 5.26 Å². The van der Waals surface area contributed by atoms with E-state index < -0.39 is 23.8 Å². The lowest BCUT2D eigenvalue weighted by atomic mass is 10.1. The Morgan fingerprint density at radius 2 is 2.09 bits per heavy atom. The minimum absolute atomic E-state index is 0.320. The molecule has 1 fully saturated rings. The Balaban J connectivity index is 1.97. The fourth-order valence-corrected chi connectivity index (χ4v) is 3.37. The van der Waals surface area contributed by atoms with Crippen molar-refractivity contribution in [1.82, 2.24) is 21.4 Å². The summed E-state index contributed by atoms with van der Waals surface area (Å²) in [5.41, 5.74) is 8.10. The molecule has 0 radical (unpaired) electrons. The van der Waals surface area contributed by atoms with E-state index in [0.29, 0.717) is 20.6 Å². The Morgan fingerprint density at radius 1 is 1.30 bits per heavy atom. The van der Waals surface area contributed by atoms with Gasteiger partial charge in [-0.1, -0.05) is 23.7 Å². The lowest BCUT2D eigenvalue weighted by Gasteiger charge is -2.09. The predicted octanol–water partition coefficient (Wildman–Crippen LogP) is 3.03. The van der Waals surface area contributed by atoms with E-state index in [9.17, 15) is 13.2 Å². The summed E-state index contributed by atoms with van der Waals surface area (Å²) in [5.74, 6) is 0. The summed E-state index contributed by atoms with van der Waals surface area (Å²) in [7, 11) is 0. The van der Waals surface area contributed by atoms with Crippen molar-refractivity contribution in [3.05, 3.63) is 39.9 Å². The molecule has 0 amide bonds. The molecule has 5 nitrogen and oxygen atoms in total. The van der Waals surface area contributed by atoms with Crippen LogP contribution in [0.25, 0.3) is 10.6 Å². The third-order valence-electron chi connectivity index (χ3n) is 3.27. The Kier molecular flexibility index (Phi) is 4.27. The first kappa shape index (κ1) is 16.2. The van der Waals surface area contributed by atoms with Gasteiger partial charge >= 0.3 is 6.18 Å². The summed E-state index contributed by atoms with van der Waals surface area (Å²) in [6, 6.07) is 5.83. The van der Waals surface area contributed by atoms with Gasteiger partial charge in [0.15, 0.2) is 0 Å². The largest absolute Gasteiger partial charge is 0.416 e. The number of rotatable bonds is 2. The molecule has 0 bridgehead atoms. The van der Waals surface area contributed by atoms with E-state index in [1.807, 2.05) is 6.07 Å². The number of benzene rings is 1. The molecule has 3 N–H and O–H groups in total. The van der Waals surface area contributed by atoms with Gasteiger partial charge in [0.2, 0.25) is 0 Å². The van der Waals surface area contributed by atoms with Gasteiger partial charge in [-0.05, 0) is 12.1 Å². The number of hydrazine groups is 2. The molecular weight excluding hydrogens is 351 g/mol. The highest BCUT2D eigenvalue weighted by Crippen LogP contribution is 2.38. The van der Waals surface area contributed by atoms with Crippen molar-refractivity contribution in [2.75, 3.05) is 0 Å². The molecule has 1 saturated heterocycles. The monoisotopic (exact) mass is 359 g/mol. The second-order valence-electron chi connectivity index (χ2n) is 4.75. The summed E-state index contributed by atoms with van der Waals surface area (Å²) in [5, 5.41) is 9.42. The number of hydrogen-bond acceptors (Lipinski definition) is 6. The topological polar surface area (TPSA) is 72.8 Å². The van der Waals surface area contributed by atoms with E-state index in [2.05, 4.69) is 21.4 Å². The second-order valence-corrected chi connectivity index (χ2v) is 6.36. The predicted molar refractivity (Wildman–Crippen MR) is 79.1 cm³/mol. The summed E-state index contributed by atoms with van der Waals surface area (Å²) >= 11 is 7.22. The molecule has 3 rings (SSSR count).